The maximum atomic E-state index is 12.6. The standard InChI is InChI=1S/C16H20N2O5/c1-9-7-11(10(2)23-9)14(20)18-5-3-16(4-6-18)12(15(21)22)8-13(19)17-16/h7,12H,3-6,8H2,1-2H3,(H,17,19)(H,21,22). The van der Waals surface area contributed by atoms with Crippen LogP contribution < -0.4 is 5.32 Å². The van der Waals surface area contributed by atoms with Crippen LogP contribution in [-0.4, -0.2) is 46.4 Å². The molecule has 124 valence electrons. The van der Waals surface area contributed by atoms with Gasteiger partial charge >= 0.3 is 5.97 Å². The topological polar surface area (TPSA) is 99.9 Å². The highest BCUT2D eigenvalue weighted by atomic mass is 16.4. The van der Waals surface area contributed by atoms with Crippen LogP contribution in [0, 0.1) is 19.8 Å². The molecule has 3 heterocycles. The average molecular weight is 320 g/mol. The van der Waals surface area contributed by atoms with Crippen LogP contribution >= 0.6 is 0 Å². The SMILES string of the molecule is Cc1cc(C(=O)N2CCC3(CC2)NC(=O)CC3C(=O)O)c(C)o1. The minimum atomic E-state index is -0.954. The van der Waals surface area contributed by atoms with Crippen molar-refractivity contribution in [2.75, 3.05) is 13.1 Å². The molecule has 1 aromatic heterocycles. The Labute approximate surface area is 133 Å². The zero-order valence-electron chi connectivity index (χ0n) is 13.2. The largest absolute Gasteiger partial charge is 0.481 e. The summed E-state index contributed by atoms with van der Waals surface area (Å²) in [7, 11) is 0. The summed E-state index contributed by atoms with van der Waals surface area (Å²) >= 11 is 0. The molecule has 1 unspecified atom stereocenters. The fourth-order valence-electron chi connectivity index (χ4n) is 3.72. The van der Waals surface area contributed by atoms with E-state index in [-0.39, 0.29) is 18.2 Å². The first-order valence-corrected chi connectivity index (χ1v) is 7.72. The second-order valence-corrected chi connectivity index (χ2v) is 6.42. The first-order chi connectivity index (χ1) is 10.8. The maximum Gasteiger partial charge on any atom is 0.309 e. The van der Waals surface area contributed by atoms with Crippen LogP contribution in [0.15, 0.2) is 10.5 Å². The predicted octanol–water partition coefficient (Wildman–Crippen LogP) is 1.09. The van der Waals surface area contributed by atoms with E-state index in [1.165, 1.54) is 0 Å². The van der Waals surface area contributed by atoms with Gasteiger partial charge in [-0.15, -0.1) is 0 Å². The molecule has 0 bridgehead atoms. The van der Waals surface area contributed by atoms with Crippen molar-refractivity contribution in [3.8, 4) is 0 Å². The lowest BCUT2D eigenvalue weighted by Gasteiger charge is -2.41. The molecule has 2 N–H and O–H groups in total. The molecule has 7 nitrogen and oxygen atoms in total. The van der Waals surface area contributed by atoms with E-state index in [0.717, 1.165) is 0 Å². The first kappa shape index (κ1) is 15.6. The Morgan fingerprint density at radius 1 is 1.35 bits per heavy atom. The summed E-state index contributed by atoms with van der Waals surface area (Å²) in [6, 6.07) is 1.72. The van der Waals surface area contributed by atoms with E-state index in [0.29, 0.717) is 43.0 Å². The number of piperidine rings is 1. The van der Waals surface area contributed by atoms with Gasteiger partial charge in [0.05, 0.1) is 17.0 Å². The van der Waals surface area contributed by atoms with E-state index >= 15 is 0 Å². The van der Waals surface area contributed by atoms with Gasteiger partial charge < -0.3 is 19.7 Å². The van der Waals surface area contributed by atoms with Crippen molar-refractivity contribution in [1.82, 2.24) is 10.2 Å². The van der Waals surface area contributed by atoms with Crippen molar-refractivity contribution in [2.45, 2.75) is 38.6 Å². The highest BCUT2D eigenvalue weighted by Crippen LogP contribution is 2.37. The number of hydrogen-bond donors (Lipinski definition) is 2. The lowest BCUT2D eigenvalue weighted by molar-refractivity contribution is -0.144. The van der Waals surface area contributed by atoms with E-state index in [1.807, 2.05) is 0 Å². The first-order valence-electron chi connectivity index (χ1n) is 7.72. The number of nitrogens with zero attached hydrogens (tertiary/aromatic N) is 1. The van der Waals surface area contributed by atoms with Crippen LogP contribution in [0.5, 0.6) is 0 Å². The number of likely N-dealkylation sites (tertiary alicyclic amines) is 1. The molecule has 2 aliphatic heterocycles. The Kier molecular flexibility index (Phi) is 3.66. The van der Waals surface area contributed by atoms with Gasteiger partial charge in [0.2, 0.25) is 5.91 Å². The molecule has 0 radical (unpaired) electrons. The Bertz CT molecular complexity index is 670. The molecule has 0 saturated carbocycles. The fourth-order valence-corrected chi connectivity index (χ4v) is 3.72. The van der Waals surface area contributed by atoms with Crippen LogP contribution in [0.25, 0.3) is 0 Å². The van der Waals surface area contributed by atoms with E-state index in [1.54, 1.807) is 24.8 Å². The normalized spacial score (nSPS) is 23.1. The molecule has 1 atom stereocenters. The van der Waals surface area contributed by atoms with E-state index in [9.17, 15) is 19.5 Å². The van der Waals surface area contributed by atoms with Gasteiger partial charge in [-0.05, 0) is 32.8 Å². The zero-order valence-corrected chi connectivity index (χ0v) is 13.2. The molecule has 1 aromatic rings. The summed E-state index contributed by atoms with van der Waals surface area (Å²) in [5.41, 5.74) is -0.176. The third-order valence-corrected chi connectivity index (χ3v) is 4.96. The Morgan fingerprint density at radius 3 is 2.52 bits per heavy atom. The molecule has 23 heavy (non-hydrogen) atoms. The highest BCUT2D eigenvalue weighted by Gasteiger charge is 2.52. The third kappa shape index (κ3) is 2.60. The second kappa shape index (κ2) is 5.40. The lowest BCUT2D eigenvalue weighted by Crippen LogP contribution is -2.56. The number of aryl methyl sites for hydroxylation is 2. The van der Waals surface area contributed by atoms with Crippen LogP contribution in [0.3, 0.4) is 0 Å². The zero-order chi connectivity index (χ0) is 16.8. The van der Waals surface area contributed by atoms with Gasteiger partial charge in [-0.2, -0.15) is 0 Å². The lowest BCUT2D eigenvalue weighted by atomic mass is 9.77. The number of carboxylic acids is 1. The quantitative estimate of drug-likeness (QED) is 0.850. The summed E-state index contributed by atoms with van der Waals surface area (Å²) < 4.78 is 5.40. The van der Waals surface area contributed by atoms with Gasteiger partial charge in [0.25, 0.3) is 5.91 Å². The van der Waals surface area contributed by atoms with Crippen molar-refractivity contribution in [3.63, 3.8) is 0 Å². The van der Waals surface area contributed by atoms with Crippen molar-refractivity contribution >= 4 is 17.8 Å². The number of amides is 2. The predicted molar refractivity (Wildman–Crippen MR) is 79.9 cm³/mol. The van der Waals surface area contributed by atoms with Gasteiger partial charge in [0.15, 0.2) is 0 Å². The number of carboxylic acid groups (broad SMARTS) is 1. The minimum absolute atomic E-state index is 0.0172. The molecule has 2 fully saturated rings. The van der Waals surface area contributed by atoms with Crippen LogP contribution in [0.2, 0.25) is 0 Å². The second-order valence-electron chi connectivity index (χ2n) is 6.42. The van der Waals surface area contributed by atoms with E-state index in [4.69, 9.17) is 4.42 Å². The molecular formula is C16H20N2O5. The van der Waals surface area contributed by atoms with Crippen molar-refractivity contribution in [3.05, 3.63) is 23.2 Å². The number of carbonyl (C=O) groups is 3. The number of carbonyl (C=O) groups excluding carboxylic acids is 2. The molecule has 2 amide bonds. The van der Waals surface area contributed by atoms with Crippen LogP contribution in [0.4, 0.5) is 0 Å². The number of aliphatic carboxylic acids is 1. The molecule has 0 aliphatic carbocycles. The molecular weight excluding hydrogens is 300 g/mol. The molecule has 2 saturated heterocycles. The summed E-state index contributed by atoms with van der Waals surface area (Å²) in [5, 5.41) is 12.2. The molecule has 3 rings (SSSR count). The summed E-state index contributed by atoms with van der Waals surface area (Å²) in [6.07, 6.45) is 0.929. The van der Waals surface area contributed by atoms with Crippen molar-refractivity contribution < 1.29 is 23.9 Å². The molecule has 0 aromatic carbocycles. The molecule has 2 aliphatic rings. The van der Waals surface area contributed by atoms with Crippen LogP contribution in [-0.2, 0) is 9.59 Å². The minimum Gasteiger partial charge on any atom is -0.481 e. The van der Waals surface area contributed by atoms with Gasteiger partial charge in [-0.1, -0.05) is 0 Å². The smallest absolute Gasteiger partial charge is 0.309 e. The summed E-state index contributed by atoms with van der Waals surface area (Å²) in [5.74, 6) is -0.725. The van der Waals surface area contributed by atoms with Gasteiger partial charge in [0.1, 0.15) is 11.5 Å². The monoisotopic (exact) mass is 320 g/mol. The number of hydrogen-bond acceptors (Lipinski definition) is 4. The summed E-state index contributed by atoms with van der Waals surface area (Å²) in [6.45, 7) is 4.39. The van der Waals surface area contributed by atoms with Gasteiger partial charge in [-0.3, -0.25) is 14.4 Å². The average Bonchev–Trinajstić information content (AvgIpc) is 2.99. The van der Waals surface area contributed by atoms with Gasteiger partial charge in [0, 0.05) is 19.5 Å². The van der Waals surface area contributed by atoms with E-state index < -0.39 is 17.4 Å². The highest BCUT2D eigenvalue weighted by molar-refractivity contribution is 5.95. The third-order valence-electron chi connectivity index (χ3n) is 4.96. The Hall–Kier alpha value is -2.31. The Balaban J connectivity index is 1.73. The fraction of sp³-hybridized carbons (Fsp3) is 0.562. The molecule has 1 spiro atoms. The van der Waals surface area contributed by atoms with Crippen molar-refractivity contribution in [2.24, 2.45) is 5.92 Å². The summed E-state index contributed by atoms with van der Waals surface area (Å²) in [4.78, 5) is 37.3. The number of rotatable bonds is 2. The van der Waals surface area contributed by atoms with E-state index in [2.05, 4.69) is 5.32 Å². The van der Waals surface area contributed by atoms with Gasteiger partial charge in [-0.25, -0.2) is 0 Å². The van der Waals surface area contributed by atoms with Crippen molar-refractivity contribution in [1.29, 1.82) is 0 Å². The Morgan fingerprint density at radius 2 is 2.00 bits per heavy atom. The van der Waals surface area contributed by atoms with Crippen LogP contribution in [0.1, 0.15) is 41.1 Å². The maximum absolute atomic E-state index is 12.6. The number of nitrogens with one attached hydrogen (secondary N) is 1. The molecule has 7 heteroatoms. The number of furan rings is 1.